The Morgan fingerprint density at radius 1 is 1.26 bits per heavy atom. The monoisotopic (exact) mass is 442 g/mol. The molecule has 3 aliphatic rings. The van der Waals surface area contributed by atoms with Gasteiger partial charge in [-0.25, -0.2) is 0 Å². The van der Waals surface area contributed by atoms with Gasteiger partial charge in [0, 0.05) is 32.1 Å². The molecule has 11 heteroatoms. The zero-order valence-electron chi connectivity index (χ0n) is 17.6. The van der Waals surface area contributed by atoms with Crippen LogP contribution < -0.4 is 11.1 Å². The molecule has 0 unspecified atom stereocenters. The van der Waals surface area contributed by atoms with E-state index < -0.39 is 23.5 Å². The average molecular weight is 442 g/mol. The minimum Gasteiger partial charge on any atom is -0.369 e. The molecule has 3 N–H and O–H groups in total. The van der Waals surface area contributed by atoms with E-state index in [9.17, 15) is 28.0 Å². The highest BCUT2D eigenvalue weighted by Crippen LogP contribution is 2.41. The molecule has 1 saturated heterocycles. The highest BCUT2D eigenvalue weighted by atomic mass is 19.4. The Morgan fingerprint density at radius 2 is 1.87 bits per heavy atom. The van der Waals surface area contributed by atoms with Gasteiger partial charge in [-0.05, 0) is 38.5 Å². The van der Waals surface area contributed by atoms with E-state index in [4.69, 9.17) is 5.73 Å². The third-order valence-corrected chi connectivity index (χ3v) is 6.70. The van der Waals surface area contributed by atoms with Crippen LogP contribution in [0.15, 0.2) is 5.10 Å². The molecule has 0 aromatic carbocycles. The van der Waals surface area contributed by atoms with Gasteiger partial charge in [0.05, 0.1) is 30.4 Å². The SMILES string of the molecule is CN(/N=C(\CC(N)=O)NC(=O)C1CC1)C1(CC#N)CCC(N2CC(C(F)(F)F)C2)CC1. The first-order chi connectivity index (χ1) is 14.5. The molecular formula is C20H29F3N6O2. The van der Waals surface area contributed by atoms with Crippen molar-refractivity contribution in [2.75, 3.05) is 20.1 Å². The quantitative estimate of drug-likeness (QED) is 0.354. The Morgan fingerprint density at radius 3 is 2.35 bits per heavy atom. The van der Waals surface area contributed by atoms with Gasteiger partial charge in [-0.3, -0.25) is 19.5 Å². The van der Waals surface area contributed by atoms with Gasteiger partial charge in [0.25, 0.3) is 0 Å². The lowest BCUT2D eigenvalue weighted by Crippen LogP contribution is -2.59. The number of carbonyl (C=O) groups excluding carboxylic acids is 2. The van der Waals surface area contributed by atoms with Gasteiger partial charge >= 0.3 is 6.18 Å². The molecule has 2 saturated carbocycles. The Kier molecular flexibility index (Phi) is 6.79. The van der Waals surface area contributed by atoms with Gasteiger partial charge in [0.15, 0.2) is 0 Å². The molecule has 0 aromatic heterocycles. The van der Waals surface area contributed by atoms with Crippen LogP contribution in [0.3, 0.4) is 0 Å². The number of hydrogen-bond acceptors (Lipinski definition) is 6. The van der Waals surface area contributed by atoms with E-state index in [1.54, 1.807) is 12.1 Å². The van der Waals surface area contributed by atoms with Crippen molar-refractivity contribution < 1.29 is 22.8 Å². The summed E-state index contributed by atoms with van der Waals surface area (Å²) in [5, 5.41) is 18.1. The van der Waals surface area contributed by atoms with E-state index in [-0.39, 0.29) is 49.6 Å². The predicted molar refractivity (Wildman–Crippen MR) is 106 cm³/mol. The van der Waals surface area contributed by atoms with Gasteiger partial charge in [0.1, 0.15) is 5.84 Å². The van der Waals surface area contributed by atoms with Crippen molar-refractivity contribution in [2.24, 2.45) is 22.7 Å². The summed E-state index contributed by atoms with van der Waals surface area (Å²) in [5.41, 5.74) is 4.69. The smallest absolute Gasteiger partial charge is 0.369 e. The second kappa shape index (κ2) is 9.02. The summed E-state index contributed by atoms with van der Waals surface area (Å²) in [4.78, 5) is 25.4. The standard InChI is InChI=1S/C20H29F3N6O2/c1-28(27-17(10-16(25)30)26-18(31)13-2-3-13)19(8-9-24)6-4-15(5-7-19)29-11-14(12-29)20(21,22)23/h13-15H,2-8,10-12H2,1H3,(H2,25,30)(H,26,27,31). The highest BCUT2D eigenvalue weighted by molar-refractivity contribution is 6.07. The number of alkyl halides is 3. The fourth-order valence-corrected chi connectivity index (χ4v) is 4.43. The van der Waals surface area contributed by atoms with Crippen molar-refractivity contribution in [1.82, 2.24) is 15.2 Å². The normalized spacial score (nSPS) is 27.8. The number of hydrazone groups is 1. The zero-order chi connectivity index (χ0) is 22.8. The van der Waals surface area contributed by atoms with Gasteiger partial charge in [-0.2, -0.15) is 23.5 Å². The van der Waals surface area contributed by atoms with Crippen molar-refractivity contribution in [2.45, 2.75) is 69.1 Å². The summed E-state index contributed by atoms with van der Waals surface area (Å²) in [6.45, 7) is 0.0622. The summed E-state index contributed by atoms with van der Waals surface area (Å²) in [5.74, 6) is -1.98. The van der Waals surface area contributed by atoms with Gasteiger partial charge in [0.2, 0.25) is 11.8 Å². The van der Waals surface area contributed by atoms with Crippen LogP contribution in [0.2, 0.25) is 0 Å². The number of carbonyl (C=O) groups is 2. The van der Waals surface area contributed by atoms with Crippen molar-refractivity contribution in [3.05, 3.63) is 0 Å². The van der Waals surface area contributed by atoms with Crippen LogP contribution in [0.5, 0.6) is 0 Å². The lowest BCUT2D eigenvalue weighted by molar-refractivity contribution is -0.215. The third-order valence-electron chi connectivity index (χ3n) is 6.70. The second-order valence-electron chi connectivity index (χ2n) is 8.96. The van der Waals surface area contributed by atoms with E-state index in [2.05, 4.69) is 16.5 Å². The second-order valence-corrected chi connectivity index (χ2v) is 8.96. The predicted octanol–water partition coefficient (Wildman–Crippen LogP) is 1.72. The topological polar surface area (TPSA) is 115 Å². The molecule has 0 atom stereocenters. The number of amides is 2. The molecule has 8 nitrogen and oxygen atoms in total. The maximum absolute atomic E-state index is 12.8. The molecule has 31 heavy (non-hydrogen) atoms. The molecule has 1 aliphatic heterocycles. The summed E-state index contributed by atoms with van der Waals surface area (Å²) >= 11 is 0. The molecule has 0 aromatic rings. The summed E-state index contributed by atoms with van der Waals surface area (Å²) in [6, 6.07) is 2.25. The summed E-state index contributed by atoms with van der Waals surface area (Å²) < 4.78 is 38.3. The first-order valence-electron chi connectivity index (χ1n) is 10.6. The molecule has 172 valence electrons. The number of nitrogens with zero attached hydrogens (tertiary/aromatic N) is 4. The molecule has 0 spiro atoms. The number of amidine groups is 1. The number of nitrogens with one attached hydrogen (secondary N) is 1. The summed E-state index contributed by atoms with van der Waals surface area (Å²) in [7, 11) is 1.70. The molecule has 0 bridgehead atoms. The van der Waals surface area contributed by atoms with Crippen molar-refractivity contribution in [1.29, 1.82) is 5.26 Å². The summed E-state index contributed by atoms with van der Waals surface area (Å²) in [6.07, 6.45) is -0.0958. The van der Waals surface area contributed by atoms with Crippen LogP contribution in [0.4, 0.5) is 13.2 Å². The molecule has 2 aliphatic carbocycles. The lowest BCUT2D eigenvalue weighted by Gasteiger charge is -2.50. The Balaban J connectivity index is 1.64. The Bertz CT molecular complexity index is 760. The highest BCUT2D eigenvalue weighted by Gasteiger charge is 2.50. The van der Waals surface area contributed by atoms with E-state index in [0.29, 0.717) is 25.7 Å². The van der Waals surface area contributed by atoms with E-state index in [1.807, 2.05) is 4.90 Å². The maximum atomic E-state index is 12.8. The van der Waals surface area contributed by atoms with Crippen LogP contribution in [0.25, 0.3) is 0 Å². The van der Waals surface area contributed by atoms with Crippen LogP contribution in [0.1, 0.15) is 51.4 Å². The molecular weight excluding hydrogens is 413 g/mol. The molecule has 0 radical (unpaired) electrons. The van der Waals surface area contributed by atoms with Gasteiger partial charge < -0.3 is 11.1 Å². The maximum Gasteiger partial charge on any atom is 0.394 e. The number of hydrogen-bond donors (Lipinski definition) is 2. The average Bonchev–Trinajstić information content (AvgIpc) is 3.45. The zero-order valence-corrected chi connectivity index (χ0v) is 17.6. The van der Waals surface area contributed by atoms with E-state index in [1.165, 1.54) is 0 Å². The lowest BCUT2D eigenvalue weighted by atomic mass is 9.75. The van der Waals surface area contributed by atoms with E-state index >= 15 is 0 Å². The molecule has 3 fully saturated rings. The first kappa shape index (κ1) is 23.3. The molecule has 3 rings (SSSR count). The molecule has 1 heterocycles. The van der Waals surface area contributed by atoms with Crippen molar-refractivity contribution in [3.8, 4) is 6.07 Å². The van der Waals surface area contributed by atoms with Crippen LogP contribution in [0, 0.1) is 23.2 Å². The van der Waals surface area contributed by atoms with Crippen LogP contribution in [-0.4, -0.2) is 65.5 Å². The number of nitrogens with two attached hydrogens (primary N) is 1. The fourth-order valence-electron chi connectivity index (χ4n) is 4.43. The van der Waals surface area contributed by atoms with Gasteiger partial charge in [-0.15, -0.1) is 0 Å². The Hall–Kier alpha value is -2.35. The Labute approximate surface area is 179 Å². The van der Waals surface area contributed by atoms with Crippen molar-refractivity contribution in [3.63, 3.8) is 0 Å². The third kappa shape index (κ3) is 5.67. The van der Waals surface area contributed by atoms with Crippen LogP contribution >= 0.6 is 0 Å². The van der Waals surface area contributed by atoms with Crippen LogP contribution in [-0.2, 0) is 9.59 Å². The van der Waals surface area contributed by atoms with Crippen molar-refractivity contribution >= 4 is 17.6 Å². The minimum absolute atomic E-state index is 0.0311. The number of nitriles is 1. The fraction of sp³-hybridized carbons (Fsp3) is 0.800. The minimum atomic E-state index is -4.15. The van der Waals surface area contributed by atoms with Gasteiger partial charge in [-0.1, -0.05) is 0 Å². The largest absolute Gasteiger partial charge is 0.394 e. The number of rotatable bonds is 7. The molecule has 2 amide bonds. The number of likely N-dealkylation sites (tertiary alicyclic amines) is 1. The first-order valence-corrected chi connectivity index (χ1v) is 10.6. The van der Waals surface area contributed by atoms with E-state index in [0.717, 1.165) is 12.8 Å². The number of halogens is 3. The number of primary amides is 1.